The van der Waals surface area contributed by atoms with E-state index in [1.165, 1.54) is 0 Å². The van der Waals surface area contributed by atoms with Crippen LogP contribution in [0.3, 0.4) is 0 Å². The molecular weight excluding hydrogens is 418 g/mol. The molecule has 0 aliphatic heterocycles. The van der Waals surface area contributed by atoms with Crippen molar-refractivity contribution in [1.82, 2.24) is 9.78 Å². The summed E-state index contributed by atoms with van der Waals surface area (Å²) in [6.45, 7) is 14.0. The average Bonchev–Trinajstić information content (AvgIpc) is 3.05. The Bertz CT molecular complexity index is 1110. The SMILES string of the molecule is C#CCOC(=O)OC(C)O/C(=C(/C#N)c1ccc(C(C)(C)C)cc1)c1c(C)c(C)nn1CC. The lowest BCUT2D eigenvalue weighted by Crippen LogP contribution is -2.20. The normalized spacial score (nSPS) is 12.8. The van der Waals surface area contributed by atoms with Crippen molar-refractivity contribution < 1.29 is 19.0 Å². The lowest BCUT2D eigenvalue weighted by atomic mass is 9.86. The third-order valence-electron chi connectivity index (χ3n) is 5.14. The summed E-state index contributed by atoms with van der Waals surface area (Å²) in [7, 11) is 0. The van der Waals surface area contributed by atoms with Crippen LogP contribution in [-0.2, 0) is 26.2 Å². The van der Waals surface area contributed by atoms with Crippen molar-refractivity contribution in [3.8, 4) is 18.4 Å². The number of nitrogens with zero attached hydrogens (tertiary/aromatic N) is 3. The summed E-state index contributed by atoms with van der Waals surface area (Å²) in [6, 6.07) is 10.1. The fourth-order valence-corrected chi connectivity index (χ4v) is 3.26. The quantitative estimate of drug-likeness (QED) is 0.186. The van der Waals surface area contributed by atoms with Gasteiger partial charge in [0, 0.05) is 19.0 Å². The number of aryl methyl sites for hydroxylation is 2. The number of rotatable bonds is 7. The number of allylic oxidation sites excluding steroid dienone is 1. The first-order chi connectivity index (χ1) is 15.5. The van der Waals surface area contributed by atoms with E-state index < -0.39 is 12.4 Å². The number of hydrogen-bond acceptors (Lipinski definition) is 6. The first-order valence-corrected chi connectivity index (χ1v) is 10.8. The van der Waals surface area contributed by atoms with Gasteiger partial charge in [-0.3, -0.25) is 4.68 Å². The summed E-state index contributed by atoms with van der Waals surface area (Å²) in [4.78, 5) is 11.8. The summed E-state index contributed by atoms with van der Waals surface area (Å²) in [5.74, 6) is 2.48. The Labute approximate surface area is 196 Å². The third-order valence-corrected chi connectivity index (χ3v) is 5.14. The summed E-state index contributed by atoms with van der Waals surface area (Å²) >= 11 is 0. The summed E-state index contributed by atoms with van der Waals surface area (Å²) < 4.78 is 17.7. The highest BCUT2D eigenvalue weighted by Gasteiger charge is 2.25. The van der Waals surface area contributed by atoms with Crippen LogP contribution in [-0.4, -0.2) is 28.8 Å². The van der Waals surface area contributed by atoms with E-state index in [4.69, 9.17) is 20.6 Å². The largest absolute Gasteiger partial charge is 0.512 e. The van der Waals surface area contributed by atoms with Crippen LogP contribution in [0.4, 0.5) is 4.79 Å². The molecule has 1 atom stereocenters. The topological polar surface area (TPSA) is 86.4 Å². The highest BCUT2D eigenvalue weighted by Crippen LogP contribution is 2.33. The number of benzene rings is 1. The van der Waals surface area contributed by atoms with Gasteiger partial charge < -0.3 is 14.2 Å². The van der Waals surface area contributed by atoms with E-state index >= 15 is 0 Å². The van der Waals surface area contributed by atoms with Gasteiger partial charge >= 0.3 is 6.16 Å². The maximum Gasteiger partial charge on any atom is 0.512 e. The van der Waals surface area contributed by atoms with Crippen molar-refractivity contribution >= 4 is 17.5 Å². The fourth-order valence-electron chi connectivity index (χ4n) is 3.26. The molecule has 0 fully saturated rings. The molecule has 0 N–H and O–H groups in total. The number of nitriles is 1. The second-order valence-electron chi connectivity index (χ2n) is 8.56. The third kappa shape index (κ3) is 6.17. The molecule has 174 valence electrons. The van der Waals surface area contributed by atoms with Gasteiger partial charge in [0.05, 0.1) is 5.69 Å². The molecule has 7 heteroatoms. The summed E-state index contributed by atoms with van der Waals surface area (Å²) in [6.07, 6.45) is 3.11. The fraction of sp³-hybridized carbons (Fsp3) is 0.423. The molecule has 0 spiro atoms. The van der Waals surface area contributed by atoms with Crippen LogP contribution >= 0.6 is 0 Å². The first-order valence-electron chi connectivity index (χ1n) is 10.8. The van der Waals surface area contributed by atoms with Crippen LogP contribution in [0.5, 0.6) is 0 Å². The van der Waals surface area contributed by atoms with Crippen molar-refractivity contribution in [2.45, 2.75) is 66.7 Å². The number of carbonyl (C=O) groups excluding carboxylic acids is 1. The molecule has 2 rings (SSSR count). The number of hydrogen-bond donors (Lipinski definition) is 0. The van der Waals surface area contributed by atoms with E-state index in [1.54, 1.807) is 11.6 Å². The molecule has 0 amide bonds. The molecule has 0 bridgehead atoms. The first kappa shape index (κ1) is 25.5. The lowest BCUT2D eigenvalue weighted by molar-refractivity contribution is -0.0644. The van der Waals surface area contributed by atoms with Gasteiger partial charge in [0.2, 0.25) is 6.29 Å². The van der Waals surface area contributed by atoms with E-state index in [1.807, 2.05) is 45.0 Å². The van der Waals surface area contributed by atoms with Gasteiger partial charge in [-0.1, -0.05) is 51.0 Å². The maximum atomic E-state index is 11.8. The monoisotopic (exact) mass is 449 g/mol. The average molecular weight is 450 g/mol. The van der Waals surface area contributed by atoms with Crippen molar-refractivity contribution in [2.75, 3.05) is 6.61 Å². The molecule has 1 unspecified atom stereocenters. The maximum absolute atomic E-state index is 11.8. The molecule has 7 nitrogen and oxygen atoms in total. The molecule has 33 heavy (non-hydrogen) atoms. The van der Waals surface area contributed by atoms with Crippen LogP contribution in [0.2, 0.25) is 0 Å². The number of ether oxygens (including phenoxy) is 3. The number of aromatic nitrogens is 2. The summed E-state index contributed by atoms with van der Waals surface area (Å²) in [5, 5.41) is 14.7. The van der Waals surface area contributed by atoms with Gasteiger partial charge in [0.15, 0.2) is 12.4 Å². The Morgan fingerprint density at radius 3 is 2.36 bits per heavy atom. The van der Waals surface area contributed by atoms with Gasteiger partial charge in [-0.05, 0) is 37.3 Å². The van der Waals surface area contributed by atoms with Gasteiger partial charge in [-0.25, -0.2) is 4.79 Å². The Balaban J connectivity index is 2.60. The van der Waals surface area contributed by atoms with Crippen LogP contribution in [0, 0.1) is 37.5 Å². The van der Waals surface area contributed by atoms with Crippen molar-refractivity contribution in [1.29, 1.82) is 5.26 Å². The molecule has 1 heterocycles. The van der Waals surface area contributed by atoms with Crippen LogP contribution in [0.1, 0.15) is 62.7 Å². The standard InChI is InChI=1S/C26H31N3O4/c1-9-15-31-25(30)33-19(5)32-24(23-17(3)18(4)28-29(23)10-2)22(16-27)20-11-13-21(14-12-20)26(6,7)8/h1,11-14,19H,10,15H2,2-8H3/b24-22-. The zero-order chi connectivity index (χ0) is 24.8. The minimum absolute atomic E-state index is 0.0238. The van der Waals surface area contributed by atoms with Crippen molar-refractivity contribution in [3.63, 3.8) is 0 Å². The van der Waals surface area contributed by atoms with Crippen LogP contribution in [0.15, 0.2) is 24.3 Å². The lowest BCUT2D eigenvalue weighted by Gasteiger charge is -2.21. The Kier molecular flexibility index (Phi) is 8.32. The van der Waals surface area contributed by atoms with E-state index in [0.29, 0.717) is 23.4 Å². The molecule has 0 aliphatic carbocycles. The van der Waals surface area contributed by atoms with E-state index in [2.05, 4.69) is 37.9 Å². The van der Waals surface area contributed by atoms with E-state index in [0.717, 1.165) is 16.8 Å². The molecule has 2 aromatic rings. The predicted molar refractivity (Wildman–Crippen MR) is 127 cm³/mol. The highest BCUT2D eigenvalue weighted by atomic mass is 16.8. The summed E-state index contributed by atoms with van der Waals surface area (Å²) in [5.41, 5.74) is 4.44. The molecule has 1 aromatic carbocycles. The minimum Gasteiger partial charge on any atom is -0.451 e. The zero-order valence-electron chi connectivity index (χ0n) is 20.4. The zero-order valence-corrected chi connectivity index (χ0v) is 20.4. The highest BCUT2D eigenvalue weighted by molar-refractivity contribution is 5.94. The molecule has 0 radical (unpaired) electrons. The van der Waals surface area contributed by atoms with Crippen molar-refractivity contribution in [2.24, 2.45) is 0 Å². The predicted octanol–water partition coefficient (Wildman–Crippen LogP) is 5.36. The van der Waals surface area contributed by atoms with E-state index in [9.17, 15) is 10.1 Å². The van der Waals surface area contributed by atoms with Crippen molar-refractivity contribution in [3.05, 3.63) is 52.3 Å². The smallest absolute Gasteiger partial charge is 0.451 e. The van der Waals surface area contributed by atoms with Gasteiger partial charge in [0.1, 0.15) is 17.3 Å². The second-order valence-corrected chi connectivity index (χ2v) is 8.56. The number of carbonyl (C=O) groups is 1. The molecule has 0 saturated carbocycles. The van der Waals surface area contributed by atoms with Crippen LogP contribution in [0.25, 0.3) is 11.3 Å². The molecular formula is C26H31N3O4. The Hall–Kier alpha value is -3.71. The van der Waals surface area contributed by atoms with E-state index in [-0.39, 0.29) is 17.8 Å². The number of terminal acetylenes is 1. The van der Waals surface area contributed by atoms with Gasteiger partial charge in [0.25, 0.3) is 0 Å². The second kappa shape index (κ2) is 10.7. The molecule has 1 aromatic heterocycles. The van der Waals surface area contributed by atoms with Crippen LogP contribution < -0.4 is 0 Å². The molecule has 0 saturated heterocycles. The minimum atomic E-state index is -1.04. The van der Waals surface area contributed by atoms with Gasteiger partial charge in [-0.2, -0.15) is 10.4 Å². The molecule has 0 aliphatic rings. The Morgan fingerprint density at radius 2 is 1.85 bits per heavy atom. The van der Waals surface area contributed by atoms with Gasteiger partial charge in [-0.15, -0.1) is 6.42 Å². The Morgan fingerprint density at radius 1 is 1.21 bits per heavy atom.